The molecule has 3 saturated carbocycles. The highest BCUT2D eigenvalue weighted by molar-refractivity contribution is 5.85. The lowest BCUT2D eigenvalue weighted by Gasteiger charge is -2.14. The van der Waals surface area contributed by atoms with E-state index in [0.717, 1.165) is 17.4 Å². The van der Waals surface area contributed by atoms with Crippen LogP contribution >= 0.6 is 12.4 Å². The number of benzene rings is 1. The lowest BCUT2D eigenvalue weighted by atomic mass is 10.0. The van der Waals surface area contributed by atoms with Crippen LogP contribution in [0.4, 0.5) is 0 Å². The molecule has 3 nitrogen and oxygen atoms in total. The van der Waals surface area contributed by atoms with Gasteiger partial charge >= 0.3 is 0 Å². The van der Waals surface area contributed by atoms with E-state index in [1.54, 1.807) is 0 Å². The Hall–Kier alpha value is -1.06. The SMILES string of the molecule is Cl.NC(CNC(=O)C1C2C3CCC(C3)C12)c1ccccc1. The number of nitrogens with one attached hydrogen (secondary N) is 1. The Bertz CT molecular complexity index is 505. The van der Waals surface area contributed by atoms with Crippen LogP contribution < -0.4 is 11.1 Å². The molecular formula is C17H23ClN2O. The molecule has 1 aromatic rings. The van der Waals surface area contributed by atoms with Gasteiger partial charge in [0.2, 0.25) is 5.91 Å². The van der Waals surface area contributed by atoms with Gasteiger partial charge in [-0.1, -0.05) is 30.3 Å². The number of nitrogens with two attached hydrogens (primary N) is 1. The number of hydrogen-bond acceptors (Lipinski definition) is 2. The van der Waals surface area contributed by atoms with E-state index in [0.29, 0.717) is 24.3 Å². The predicted molar refractivity (Wildman–Crippen MR) is 84.9 cm³/mol. The molecule has 0 aromatic heterocycles. The zero-order valence-electron chi connectivity index (χ0n) is 12.1. The summed E-state index contributed by atoms with van der Waals surface area (Å²) in [5.74, 6) is 3.68. The van der Waals surface area contributed by atoms with Gasteiger partial charge in [-0.05, 0) is 48.5 Å². The fraction of sp³-hybridized carbons (Fsp3) is 0.588. The molecule has 3 aliphatic carbocycles. The summed E-state index contributed by atoms with van der Waals surface area (Å²) in [4.78, 5) is 12.3. The van der Waals surface area contributed by atoms with Crippen molar-refractivity contribution in [2.45, 2.75) is 25.3 Å². The van der Waals surface area contributed by atoms with Gasteiger partial charge in [-0.15, -0.1) is 12.4 Å². The summed E-state index contributed by atoms with van der Waals surface area (Å²) >= 11 is 0. The second-order valence-electron chi connectivity index (χ2n) is 6.78. The van der Waals surface area contributed by atoms with Crippen LogP contribution in [-0.2, 0) is 4.79 Å². The molecule has 21 heavy (non-hydrogen) atoms. The number of rotatable bonds is 4. The highest BCUT2D eigenvalue weighted by Gasteiger charge is 2.67. The molecule has 3 fully saturated rings. The van der Waals surface area contributed by atoms with E-state index >= 15 is 0 Å². The van der Waals surface area contributed by atoms with Crippen molar-refractivity contribution < 1.29 is 4.79 Å². The molecule has 4 rings (SSSR count). The first-order valence-electron chi connectivity index (χ1n) is 7.84. The molecule has 0 heterocycles. The third kappa shape index (κ3) is 2.47. The van der Waals surface area contributed by atoms with Crippen molar-refractivity contribution in [3.8, 4) is 0 Å². The van der Waals surface area contributed by atoms with Gasteiger partial charge in [0, 0.05) is 18.5 Å². The first-order valence-corrected chi connectivity index (χ1v) is 7.84. The number of hydrogen-bond donors (Lipinski definition) is 2. The molecular weight excluding hydrogens is 284 g/mol. The third-order valence-electron chi connectivity index (χ3n) is 5.76. The fourth-order valence-electron chi connectivity index (χ4n) is 4.82. The minimum absolute atomic E-state index is 0. The molecule has 0 aliphatic heterocycles. The zero-order valence-corrected chi connectivity index (χ0v) is 12.9. The van der Waals surface area contributed by atoms with Crippen LogP contribution in [0.1, 0.15) is 30.9 Å². The summed E-state index contributed by atoms with van der Waals surface area (Å²) in [6, 6.07) is 9.89. The Morgan fingerprint density at radius 2 is 1.81 bits per heavy atom. The normalized spacial score (nSPS) is 36.5. The molecule has 0 spiro atoms. The monoisotopic (exact) mass is 306 g/mol. The molecule has 114 valence electrons. The number of carbonyl (C=O) groups excluding carboxylic acids is 1. The maximum atomic E-state index is 12.3. The minimum Gasteiger partial charge on any atom is -0.354 e. The largest absolute Gasteiger partial charge is 0.354 e. The zero-order chi connectivity index (χ0) is 13.7. The number of carbonyl (C=O) groups is 1. The third-order valence-corrected chi connectivity index (χ3v) is 5.76. The standard InChI is InChI=1S/C17H22N2O.ClH/c18-13(10-4-2-1-3-5-10)9-19-17(20)16-14-11-6-7-12(8-11)15(14)16;/h1-5,11-16H,6-9,18H2,(H,19,20);1H. The van der Waals surface area contributed by atoms with Crippen molar-refractivity contribution in [1.82, 2.24) is 5.32 Å². The second-order valence-corrected chi connectivity index (χ2v) is 6.78. The van der Waals surface area contributed by atoms with Gasteiger partial charge in [-0.3, -0.25) is 4.79 Å². The van der Waals surface area contributed by atoms with E-state index in [1.165, 1.54) is 19.3 Å². The average molecular weight is 307 g/mol. The summed E-state index contributed by atoms with van der Waals surface area (Å²) in [7, 11) is 0. The Balaban J connectivity index is 0.00000132. The van der Waals surface area contributed by atoms with Gasteiger partial charge < -0.3 is 11.1 Å². The van der Waals surface area contributed by atoms with Crippen LogP contribution in [-0.4, -0.2) is 12.5 Å². The van der Waals surface area contributed by atoms with Crippen molar-refractivity contribution in [3.05, 3.63) is 35.9 Å². The van der Waals surface area contributed by atoms with E-state index in [4.69, 9.17) is 5.73 Å². The van der Waals surface area contributed by atoms with Gasteiger partial charge in [0.1, 0.15) is 0 Å². The molecule has 2 bridgehead atoms. The van der Waals surface area contributed by atoms with E-state index in [-0.39, 0.29) is 24.4 Å². The van der Waals surface area contributed by atoms with Crippen LogP contribution in [0.5, 0.6) is 0 Å². The molecule has 1 amide bonds. The fourth-order valence-corrected chi connectivity index (χ4v) is 4.82. The van der Waals surface area contributed by atoms with E-state index in [2.05, 4.69) is 5.32 Å². The minimum atomic E-state index is -0.101. The van der Waals surface area contributed by atoms with Gasteiger partial charge in [-0.2, -0.15) is 0 Å². The molecule has 0 saturated heterocycles. The molecule has 5 unspecified atom stereocenters. The lowest BCUT2D eigenvalue weighted by Crippen LogP contribution is -2.34. The first-order chi connectivity index (χ1) is 9.75. The van der Waals surface area contributed by atoms with Gasteiger partial charge in [0.25, 0.3) is 0 Å². The maximum Gasteiger partial charge on any atom is 0.223 e. The van der Waals surface area contributed by atoms with Crippen LogP contribution in [0.2, 0.25) is 0 Å². The van der Waals surface area contributed by atoms with Gasteiger partial charge in [0.15, 0.2) is 0 Å². The molecule has 0 radical (unpaired) electrons. The summed E-state index contributed by atoms with van der Waals surface area (Å²) in [5.41, 5.74) is 7.22. The molecule has 3 aliphatic rings. The van der Waals surface area contributed by atoms with Crippen molar-refractivity contribution >= 4 is 18.3 Å². The van der Waals surface area contributed by atoms with Crippen LogP contribution in [0.25, 0.3) is 0 Å². The van der Waals surface area contributed by atoms with Crippen molar-refractivity contribution in [2.75, 3.05) is 6.54 Å². The summed E-state index contributed by atoms with van der Waals surface area (Å²) < 4.78 is 0. The predicted octanol–water partition coefficient (Wildman–Crippen LogP) is 2.52. The van der Waals surface area contributed by atoms with Crippen molar-refractivity contribution in [3.63, 3.8) is 0 Å². The summed E-state index contributed by atoms with van der Waals surface area (Å²) in [6.45, 7) is 0.550. The lowest BCUT2D eigenvalue weighted by molar-refractivity contribution is -0.123. The molecule has 1 aromatic carbocycles. The number of amides is 1. The van der Waals surface area contributed by atoms with Crippen LogP contribution in [0.3, 0.4) is 0 Å². The second kappa shape index (κ2) is 5.62. The number of halogens is 1. The quantitative estimate of drug-likeness (QED) is 0.898. The smallest absolute Gasteiger partial charge is 0.223 e. The Morgan fingerprint density at radius 3 is 2.43 bits per heavy atom. The van der Waals surface area contributed by atoms with E-state index in [1.807, 2.05) is 30.3 Å². The van der Waals surface area contributed by atoms with Gasteiger partial charge in [-0.25, -0.2) is 0 Å². The molecule has 4 heteroatoms. The van der Waals surface area contributed by atoms with E-state index < -0.39 is 0 Å². The first kappa shape index (κ1) is 14.9. The average Bonchev–Trinajstić information content (AvgIpc) is 2.93. The summed E-state index contributed by atoms with van der Waals surface area (Å²) in [6.07, 6.45) is 4.11. The molecule has 5 atom stereocenters. The van der Waals surface area contributed by atoms with Crippen molar-refractivity contribution in [2.24, 2.45) is 35.3 Å². The van der Waals surface area contributed by atoms with E-state index in [9.17, 15) is 4.79 Å². The maximum absolute atomic E-state index is 12.3. The summed E-state index contributed by atoms with van der Waals surface area (Å²) in [5, 5.41) is 3.08. The van der Waals surface area contributed by atoms with Gasteiger partial charge in [0.05, 0.1) is 0 Å². The Morgan fingerprint density at radius 1 is 1.19 bits per heavy atom. The molecule has 3 N–H and O–H groups in total. The Labute approximate surface area is 132 Å². The Kier molecular flexibility index (Phi) is 3.98. The van der Waals surface area contributed by atoms with Crippen LogP contribution in [0.15, 0.2) is 30.3 Å². The highest BCUT2D eigenvalue weighted by atomic mass is 35.5. The number of fused-ring (bicyclic) bond motifs is 5. The topological polar surface area (TPSA) is 55.1 Å². The van der Waals surface area contributed by atoms with Crippen LogP contribution in [0, 0.1) is 29.6 Å². The highest BCUT2D eigenvalue weighted by Crippen LogP contribution is 2.69. The van der Waals surface area contributed by atoms with Crippen molar-refractivity contribution in [1.29, 1.82) is 0 Å².